The smallest absolute Gasteiger partial charge is 0.392 e. The quantitative estimate of drug-likeness (QED) is 0.592. The van der Waals surface area contributed by atoms with E-state index in [1.54, 1.807) is 0 Å². The summed E-state index contributed by atoms with van der Waals surface area (Å²) in [6.07, 6.45) is -1.09. The van der Waals surface area contributed by atoms with E-state index in [0.29, 0.717) is 0 Å². The van der Waals surface area contributed by atoms with Crippen molar-refractivity contribution in [3.05, 3.63) is 0 Å². The van der Waals surface area contributed by atoms with Crippen LogP contribution in [0.5, 0.6) is 0 Å². The molecule has 0 radical (unpaired) electrons. The SMILES string of the molecule is CC(O)C(N)CNS(=O)(=O)C(F)(F)F. The van der Waals surface area contributed by atoms with Crippen LogP contribution in [0.3, 0.4) is 0 Å². The van der Waals surface area contributed by atoms with E-state index in [2.05, 4.69) is 0 Å². The van der Waals surface area contributed by atoms with Gasteiger partial charge in [0.25, 0.3) is 0 Å². The van der Waals surface area contributed by atoms with E-state index in [4.69, 9.17) is 10.8 Å². The van der Waals surface area contributed by atoms with Crippen molar-refractivity contribution in [2.45, 2.75) is 24.6 Å². The monoisotopic (exact) mass is 236 g/mol. The lowest BCUT2D eigenvalue weighted by atomic mass is 10.2. The zero-order valence-corrected chi connectivity index (χ0v) is 8.06. The van der Waals surface area contributed by atoms with Crippen LogP contribution >= 0.6 is 0 Å². The number of sulfonamides is 1. The van der Waals surface area contributed by atoms with Crippen LogP contribution in [0.25, 0.3) is 0 Å². The first-order valence-corrected chi connectivity index (χ1v) is 5.06. The van der Waals surface area contributed by atoms with E-state index in [1.165, 1.54) is 11.6 Å². The maximum absolute atomic E-state index is 11.7. The van der Waals surface area contributed by atoms with Gasteiger partial charge in [-0.1, -0.05) is 0 Å². The number of halogens is 3. The average molecular weight is 236 g/mol. The standard InChI is InChI=1S/C5H11F3N2O3S/c1-3(11)4(9)2-10-14(12,13)5(6,7)8/h3-4,10-11H,2,9H2,1H3. The van der Waals surface area contributed by atoms with Crippen LogP contribution in [0.15, 0.2) is 0 Å². The molecule has 0 heterocycles. The van der Waals surface area contributed by atoms with Crippen LogP contribution in [-0.4, -0.2) is 37.7 Å². The molecule has 5 nitrogen and oxygen atoms in total. The third-order valence-corrected chi connectivity index (χ3v) is 2.59. The Hall–Kier alpha value is -0.380. The predicted octanol–water partition coefficient (Wildman–Crippen LogP) is -0.866. The summed E-state index contributed by atoms with van der Waals surface area (Å²) in [4.78, 5) is 0. The van der Waals surface area contributed by atoms with Gasteiger partial charge in [-0.15, -0.1) is 0 Å². The molecule has 4 N–H and O–H groups in total. The number of hydrogen-bond acceptors (Lipinski definition) is 4. The maximum atomic E-state index is 11.7. The van der Waals surface area contributed by atoms with Crippen LogP contribution in [-0.2, 0) is 10.0 Å². The van der Waals surface area contributed by atoms with Gasteiger partial charge in [-0.05, 0) is 6.92 Å². The minimum atomic E-state index is -5.37. The molecule has 0 aromatic heterocycles. The lowest BCUT2D eigenvalue weighted by Gasteiger charge is -2.16. The predicted molar refractivity (Wildman–Crippen MR) is 42.6 cm³/mol. The van der Waals surface area contributed by atoms with Crippen LogP contribution in [0, 0.1) is 0 Å². The van der Waals surface area contributed by atoms with Crippen molar-refractivity contribution in [3.63, 3.8) is 0 Å². The van der Waals surface area contributed by atoms with E-state index in [1.807, 2.05) is 0 Å². The van der Waals surface area contributed by atoms with Crippen LogP contribution in [0.2, 0.25) is 0 Å². The Morgan fingerprint density at radius 1 is 1.50 bits per heavy atom. The van der Waals surface area contributed by atoms with Gasteiger partial charge in [-0.2, -0.15) is 13.2 Å². The summed E-state index contributed by atoms with van der Waals surface area (Å²) in [6, 6.07) is -1.08. The highest BCUT2D eigenvalue weighted by molar-refractivity contribution is 7.90. The van der Waals surface area contributed by atoms with Gasteiger partial charge in [0, 0.05) is 12.6 Å². The molecule has 0 aliphatic carbocycles. The topological polar surface area (TPSA) is 92.4 Å². The summed E-state index contributed by atoms with van der Waals surface area (Å²) in [5, 5.41) is 8.78. The minimum absolute atomic E-state index is 0.667. The molecule has 0 aliphatic rings. The Morgan fingerprint density at radius 3 is 2.21 bits per heavy atom. The second kappa shape index (κ2) is 4.43. The summed E-state index contributed by atoms with van der Waals surface area (Å²) in [5.74, 6) is 0. The number of nitrogens with one attached hydrogen (secondary N) is 1. The van der Waals surface area contributed by atoms with Crippen molar-refractivity contribution in [3.8, 4) is 0 Å². The molecule has 0 saturated heterocycles. The van der Waals surface area contributed by atoms with Gasteiger partial charge >= 0.3 is 15.5 Å². The van der Waals surface area contributed by atoms with E-state index in [-0.39, 0.29) is 0 Å². The van der Waals surface area contributed by atoms with Crippen molar-refractivity contribution in [2.24, 2.45) is 5.73 Å². The normalized spacial score (nSPS) is 17.9. The molecule has 2 unspecified atom stereocenters. The van der Waals surface area contributed by atoms with Gasteiger partial charge in [0.1, 0.15) is 0 Å². The lowest BCUT2D eigenvalue weighted by molar-refractivity contribution is -0.0448. The van der Waals surface area contributed by atoms with E-state index < -0.39 is 34.2 Å². The Morgan fingerprint density at radius 2 is 1.93 bits per heavy atom. The molecule has 0 saturated carbocycles. The van der Waals surface area contributed by atoms with Crippen LogP contribution < -0.4 is 10.5 Å². The molecule has 0 aliphatic heterocycles. The number of hydrogen-bond donors (Lipinski definition) is 3. The molecule has 0 aromatic carbocycles. The third-order valence-electron chi connectivity index (χ3n) is 1.43. The average Bonchev–Trinajstić information content (AvgIpc) is 1.97. The zero-order valence-electron chi connectivity index (χ0n) is 7.25. The van der Waals surface area contributed by atoms with Crippen LogP contribution in [0.1, 0.15) is 6.92 Å². The van der Waals surface area contributed by atoms with Gasteiger partial charge in [0.15, 0.2) is 0 Å². The van der Waals surface area contributed by atoms with E-state index >= 15 is 0 Å². The fraction of sp³-hybridized carbons (Fsp3) is 1.00. The highest BCUT2D eigenvalue weighted by Crippen LogP contribution is 2.21. The highest BCUT2D eigenvalue weighted by atomic mass is 32.2. The summed E-state index contributed by atoms with van der Waals surface area (Å²) < 4.78 is 57.2. The molecule has 9 heteroatoms. The van der Waals surface area contributed by atoms with Crippen molar-refractivity contribution in [2.75, 3.05) is 6.54 Å². The zero-order chi connectivity index (χ0) is 11.6. The molecule has 0 rings (SSSR count). The minimum Gasteiger partial charge on any atom is -0.392 e. The first-order valence-electron chi connectivity index (χ1n) is 3.57. The van der Waals surface area contributed by atoms with Gasteiger partial charge in [0.05, 0.1) is 6.10 Å². The summed E-state index contributed by atoms with van der Waals surface area (Å²) in [5.41, 5.74) is -0.233. The molecule has 0 bridgehead atoms. The highest BCUT2D eigenvalue weighted by Gasteiger charge is 2.45. The third kappa shape index (κ3) is 3.78. The van der Waals surface area contributed by atoms with Crippen molar-refractivity contribution in [1.29, 1.82) is 0 Å². The molecule has 0 fully saturated rings. The van der Waals surface area contributed by atoms with Crippen molar-refractivity contribution in [1.82, 2.24) is 4.72 Å². The molecular formula is C5H11F3N2O3S. The number of alkyl halides is 3. The second-order valence-electron chi connectivity index (χ2n) is 2.70. The summed E-state index contributed by atoms with van der Waals surface area (Å²) >= 11 is 0. The van der Waals surface area contributed by atoms with Crippen molar-refractivity contribution >= 4 is 10.0 Å². The first kappa shape index (κ1) is 13.6. The number of rotatable bonds is 4. The maximum Gasteiger partial charge on any atom is 0.511 e. The van der Waals surface area contributed by atoms with Gasteiger partial charge < -0.3 is 10.8 Å². The van der Waals surface area contributed by atoms with Crippen molar-refractivity contribution < 1.29 is 26.7 Å². The number of aliphatic hydroxyl groups excluding tert-OH is 1. The van der Waals surface area contributed by atoms with E-state index in [9.17, 15) is 21.6 Å². The van der Waals surface area contributed by atoms with Gasteiger partial charge in [-0.25, -0.2) is 13.1 Å². The van der Waals surface area contributed by atoms with E-state index in [0.717, 1.165) is 0 Å². The Bertz CT molecular complexity index is 274. The Kier molecular flexibility index (Phi) is 4.31. The summed E-state index contributed by atoms with van der Waals surface area (Å²) in [6.45, 7) is 0.575. The molecule has 0 amide bonds. The number of aliphatic hydroxyl groups is 1. The molecule has 0 aromatic rings. The first-order chi connectivity index (χ1) is 6.08. The Balaban J connectivity index is 4.29. The molecule has 0 spiro atoms. The molecule has 2 atom stereocenters. The van der Waals surface area contributed by atoms with Gasteiger partial charge in [0.2, 0.25) is 0 Å². The molecule has 86 valence electrons. The Labute approximate surface area is 79.1 Å². The largest absolute Gasteiger partial charge is 0.511 e. The number of nitrogens with two attached hydrogens (primary N) is 1. The second-order valence-corrected chi connectivity index (χ2v) is 4.46. The lowest BCUT2D eigenvalue weighted by Crippen LogP contribution is -2.46. The fourth-order valence-corrected chi connectivity index (χ4v) is 1.03. The molecule has 14 heavy (non-hydrogen) atoms. The summed E-state index contributed by atoms with van der Waals surface area (Å²) in [7, 11) is -5.37. The fourth-order valence-electron chi connectivity index (χ4n) is 0.458. The molecular weight excluding hydrogens is 225 g/mol. The van der Waals surface area contributed by atoms with Crippen LogP contribution in [0.4, 0.5) is 13.2 Å². The van der Waals surface area contributed by atoms with Gasteiger partial charge in [-0.3, -0.25) is 0 Å².